The van der Waals surface area contributed by atoms with Crippen LogP contribution in [-0.2, 0) is 0 Å². The monoisotopic (exact) mass is 222 g/mol. The molecule has 2 rings (SSSR count). The molecule has 1 saturated heterocycles. The Morgan fingerprint density at radius 3 is 2.50 bits per heavy atom. The van der Waals surface area contributed by atoms with Crippen molar-refractivity contribution in [1.82, 2.24) is 5.32 Å². The topological polar surface area (TPSA) is 56.0 Å². The van der Waals surface area contributed by atoms with Crippen molar-refractivity contribution in [2.45, 2.75) is 51.0 Å². The smallest absolute Gasteiger partial charge is 0.0957 e. The second-order valence-electron chi connectivity index (χ2n) is 5.69. The first-order valence-corrected chi connectivity index (χ1v) is 6.46. The van der Waals surface area contributed by atoms with E-state index >= 15 is 0 Å². The average Bonchev–Trinajstić information content (AvgIpc) is 2.31. The maximum Gasteiger partial charge on any atom is 0.0957 e. The highest BCUT2D eigenvalue weighted by atomic mass is 16.3. The quantitative estimate of drug-likeness (QED) is 0.711. The van der Waals surface area contributed by atoms with Crippen LogP contribution in [0.1, 0.15) is 45.4 Å². The lowest BCUT2D eigenvalue weighted by atomic mass is 9.60. The van der Waals surface area contributed by atoms with Crippen molar-refractivity contribution < 1.29 is 5.11 Å². The van der Waals surface area contributed by atoms with Crippen molar-refractivity contribution >= 4 is 0 Å². The highest BCUT2D eigenvalue weighted by Gasteiger charge is 2.52. The molecule has 1 aliphatic heterocycles. The molecule has 0 aromatic rings. The fraction of sp³-hybridized carbons (Fsp3) is 0.923. The van der Waals surface area contributed by atoms with Gasteiger partial charge < -0.3 is 10.4 Å². The van der Waals surface area contributed by atoms with Crippen LogP contribution in [0.3, 0.4) is 0 Å². The Labute approximate surface area is 97.8 Å². The van der Waals surface area contributed by atoms with E-state index < -0.39 is 11.0 Å². The van der Waals surface area contributed by atoms with E-state index in [1.165, 1.54) is 0 Å². The molecule has 1 aliphatic carbocycles. The molecule has 0 aromatic carbocycles. The molecule has 2 N–H and O–H groups in total. The molecule has 0 spiro atoms. The summed E-state index contributed by atoms with van der Waals surface area (Å²) in [6, 6.07) is 2.46. The van der Waals surface area contributed by atoms with Gasteiger partial charge in [-0.1, -0.05) is 6.92 Å². The average molecular weight is 222 g/mol. The van der Waals surface area contributed by atoms with Crippen molar-refractivity contribution in [2.75, 3.05) is 13.1 Å². The van der Waals surface area contributed by atoms with Crippen LogP contribution >= 0.6 is 0 Å². The van der Waals surface area contributed by atoms with Crippen LogP contribution in [-0.4, -0.2) is 23.8 Å². The fourth-order valence-electron chi connectivity index (χ4n) is 3.23. The first-order valence-electron chi connectivity index (χ1n) is 6.46. The molecule has 1 saturated carbocycles. The van der Waals surface area contributed by atoms with Gasteiger partial charge in [0.25, 0.3) is 0 Å². The van der Waals surface area contributed by atoms with Crippen molar-refractivity contribution in [3.05, 3.63) is 0 Å². The molecule has 90 valence electrons. The van der Waals surface area contributed by atoms with Gasteiger partial charge >= 0.3 is 0 Å². The lowest BCUT2D eigenvalue weighted by Gasteiger charge is -2.48. The molecule has 3 heteroatoms. The molecular weight excluding hydrogens is 200 g/mol. The number of hydrogen-bond donors (Lipinski definition) is 2. The zero-order valence-electron chi connectivity index (χ0n) is 10.1. The molecule has 1 heterocycles. The van der Waals surface area contributed by atoms with Gasteiger partial charge in [-0.15, -0.1) is 0 Å². The zero-order valence-corrected chi connectivity index (χ0v) is 10.1. The van der Waals surface area contributed by atoms with Gasteiger partial charge in [-0.2, -0.15) is 5.26 Å². The Morgan fingerprint density at radius 2 is 2.00 bits per heavy atom. The van der Waals surface area contributed by atoms with Crippen LogP contribution in [0, 0.1) is 22.7 Å². The van der Waals surface area contributed by atoms with Crippen molar-refractivity contribution in [1.29, 1.82) is 5.26 Å². The van der Waals surface area contributed by atoms with E-state index in [1.54, 1.807) is 0 Å². The van der Waals surface area contributed by atoms with Gasteiger partial charge in [-0.25, -0.2) is 0 Å². The Morgan fingerprint density at radius 1 is 1.31 bits per heavy atom. The molecule has 1 atom stereocenters. The van der Waals surface area contributed by atoms with Crippen LogP contribution in [0.5, 0.6) is 0 Å². The number of nitriles is 1. The van der Waals surface area contributed by atoms with Gasteiger partial charge in [0.1, 0.15) is 0 Å². The molecule has 0 amide bonds. The third-order valence-corrected chi connectivity index (χ3v) is 4.59. The van der Waals surface area contributed by atoms with E-state index in [2.05, 4.69) is 18.3 Å². The van der Waals surface area contributed by atoms with E-state index in [-0.39, 0.29) is 0 Å². The van der Waals surface area contributed by atoms with E-state index in [4.69, 9.17) is 0 Å². The first kappa shape index (κ1) is 11.9. The van der Waals surface area contributed by atoms with E-state index in [0.717, 1.165) is 45.1 Å². The Bertz CT molecular complexity index is 281. The van der Waals surface area contributed by atoms with Crippen LogP contribution < -0.4 is 5.32 Å². The van der Waals surface area contributed by atoms with Crippen LogP contribution in [0.4, 0.5) is 0 Å². The van der Waals surface area contributed by atoms with Gasteiger partial charge in [0.15, 0.2) is 0 Å². The van der Waals surface area contributed by atoms with Gasteiger partial charge in [-0.3, -0.25) is 0 Å². The number of β-amino-alcohol motifs (C(OH)–C–C–N with tert-alkyl or cyclic N) is 1. The van der Waals surface area contributed by atoms with Crippen LogP contribution in [0.15, 0.2) is 0 Å². The van der Waals surface area contributed by atoms with E-state index in [0.29, 0.717) is 12.5 Å². The second-order valence-corrected chi connectivity index (χ2v) is 5.69. The summed E-state index contributed by atoms with van der Waals surface area (Å²) in [5, 5.41) is 23.5. The van der Waals surface area contributed by atoms with Crippen molar-refractivity contribution in [3.8, 4) is 6.07 Å². The van der Waals surface area contributed by atoms with Crippen molar-refractivity contribution in [2.24, 2.45) is 11.3 Å². The summed E-state index contributed by atoms with van der Waals surface area (Å²) >= 11 is 0. The standard InChI is InChI=1S/C13H22N2O/c1-11-3-6-12(9-14,7-4-11)13(16)5-2-8-15-10-13/h11,15-16H,2-8,10H2,1H3. The molecular formula is C13H22N2O. The summed E-state index contributed by atoms with van der Waals surface area (Å²) in [7, 11) is 0. The SMILES string of the molecule is CC1CCC(C#N)(C2(O)CCCNC2)CC1. The van der Waals surface area contributed by atoms with E-state index in [9.17, 15) is 10.4 Å². The largest absolute Gasteiger partial charge is 0.387 e. The summed E-state index contributed by atoms with van der Waals surface area (Å²) < 4.78 is 0. The molecule has 2 aliphatic rings. The summed E-state index contributed by atoms with van der Waals surface area (Å²) in [5.74, 6) is 0.710. The van der Waals surface area contributed by atoms with Crippen LogP contribution in [0.25, 0.3) is 0 Å². The third kappa shape index (κ3) is 1.85. The minimum atomic E-state index is -0.792. The molecule has 0 aromatic heterocycles. The minimum Gasteiger partial charge on any atom is -0.387 e. The summed E-state index contributed by atoms with van der Waals surface area (Å²) in [6.45, 7) is 3.81. The fourth-order valence-corrected chi connectivity index (χ4v) is 3.23. The summed E-state index contributed by atoms with van der Waals surface area (Å²) in [6.07, 6.45) is 5.65. The third-order valence-electron chi connectivity index (χ3n) is 4.59. The van der Waals surface area contributed by atoms with Crippen LogP contribution in [0.2, 0.25) is 0 Å². The van der Waals surface area contributed by atoms with Crippen molar-refractivity contribution in [3.63, 3.8) is 0 Å². The first-order chi connectivity index (χ1) is 7.62. The lowest BCUT2D eigenvalue weighted by molar-refractivity contribution is -0.0909. The van der Waals surface area contributed by atoms with Gasteiger partial charge in [0.2, 0.25) is 0 Å². The van der Waals surface area contributed by atoms with E-state index in [1.807, 2.05) is 0 Å². The number of hydrogen-bond acceptors (Lipinski definition) is 3. The molecule has 16 heavy (non-hydrogen) atoms. The summed E-state index contributed by atoms with van der Waals surface area (Å²) in [5.41, 5.74) is -1.28. The molecule has 1 unspecified atom stereocenters. The number of nitrogens with one attached hydrogen (secondary N) is 1. The molecule has 3 nitrogen and oxygen atoms in total. The molecule has 0 bridgehead atoms. The number of rotatable bonds is 1. The number of aliphatic hydroxyl groups is 1. The number of piperidine rings is 1. The minimum absolute atomic E-state index is 0.493. The summed E-state index contributed by atoms with van der Waals surface area (Å²) in [4.78, 5) is 0. The predicted molar refractivity (Wildman–Crippen MR) is 62.7 cm³/mol. The number of nitrogens with zero attached hydrogens (tertiary/aromatic N) is 1. The van der Waals surface area contributed by atoms with Gasteiger partial charge in [0.05, 0.1) is 17.1 Å². The maximum absolute atomic E-state index is 10.7. The highest BCUT2D eigenvalue weighted by molar-refractivity contribution is 5.14. The predicted octanol–water partition coefficient (Wildman–Crippen LogP) is 1.82. The molecule has 0 radical (unpaired) electrons. The maximum atomic E-state index is 10.7. The van der Waals surface area contributed by atoms with Gasteiger partial charge in [0, 0.05) is 6.54 Å². The molecule has 2 fully saturated rings. The lowest BCUT2D eigenvalue weighted by Crippen LogP contribution is -2.57. The zero-order chi connectivity index (χ0) is 11.6. The second kappa shape index (κ2) is 4.35. The Balaban J connectivity index is 2.17. The normalized spacial score (nSPS) is 44.9. The highest BCUT2D eigenvalue weighted by Crippen LogP contribution is 2.48. The Kier molecular flexibility index (Phi) is 3.23. The van der Waals surface area contributed by atoms with Gasteiger partial charge in [-0.05, 0) is 51.0 Å². The Hall–Kier alpha value is -0.590.